The van der Waals surface area contributed by atoms with Gasteiger partial charge in [0, 0.05) is 39.1 Å². The molecular formula is C21H31N3O2. The molecule has 3 rings (SSSR count). The summed E-state index contributed by atoms with van der Waals surface area (Å²) in [6.07, 6.45) is 5.40. The quantitative estimate of drug-likeness (QED) is 0.880. The van der Waals surface area contributed by atoms with E-state index in [1.807, 2.05) is 6.07 Å². The van der Waals surface area contributed by atoms with E-state index in [4.69, 9.17) is 0 Å². The minimum atomic E-state index is -0.0567. The molecule has 26 heavy (non-hydrogen) atoms. The lowest BCUT2D eigenvalue weighted by Gasteiger charge is -2.36. The average molecular weight is 357 g/mol. The number of benzene rings is 1. The van der Waals surface area contributed by atoms with E-state index in [1.54, 1.807) is 11.8 Å². The number of nitrogens with one attached hydrogen (secondary N) is 1. The van der Waals surface area contributed by atoms with E-state index in [0.717, 1.165) is 38.9 Å². The van der Waals surface area contributed by atoms with Gasteiger partial charge in [-0.25, -0.2) is 0 Å². The Morgan fingerprint density at radius 3 is 2.65 bits per heavy atom. The molecule has 2 amide bonds. The van der Waals surface area contributed by atoms with E-state index in [0.29, 0.717) is 19.1 Å². The Balaban J connectivity index is 1.51. The van der Waals surface area contributed by atoms with E-state index in [1.165, 1.54) is 18.4 Å². The summed E-state index contributed by atoms with van der Waals surface area (Å²) in [7, 11) is 0. The normalized spacial score (nSPS) is 24.3. The van der Waals surface area contributed by atoms with Crippen LogP contribution in [-0.2, 0) is 16.1 Å². The second kappa shape index (κ2) is 9.17. The number of rotatable bonds is 5. The van der Waals surface area contributed by atoms with Crippen LogP contribution in [0.4, 0.5) is 0 Å². The summed E-state index contributed by atoms with van der Waals surface area (Å²) >= 11 is 0. The van der Waals surface area contributed by atoms with Gasteiger partial charge in [-0.1, -0.05) is 36.8 Å². The van der Waals surface area contributed by atoms with Crippen molar-refractivity contribution < 1.29 is 9.59 Å². The summed E-state index contributed by atoms with van der Waals surface area (Å²) in [6, 6.07) is 11.0. The van der Waals surface area contributed by atoms with Gasteiger partial charge in [-0.3, -0.25) is 14.5 Å². The van der Waals surface area contributed by atoms with Gasteiger partial charge in [0.1, 0.15) is 0 Å². The number of amides is 2. The van der Waals surface area contributed by atoms with Crippen LogP contribution < -0.4 is 5.32 Å². The van der Waals surface area contributed by atoms with Gasteiger partial charge >= 0.3 is 0 Å². The average Bonchev–Trinajstić information content (AvgIpc) is 2.68. The molecule has 0 aliphatic carbocycles. The topological polar surface area (TPSA) is 52.7 Å². The fraction of sp³-hybridized carbons (Fsp3) is 0.619. The van der Waals surface area contributed by atoms with Gasteiger partial charge in [0.15, 0.2) is 0 Å². The van der Waals surface area contributed by atoms with Crippen molar-refractivity contribution >= 4 is 11.8 Å². The number of piperidine rings is 2. The van der Waals surface area contributed by atoms with Crippen molar-refractivity contribution in [2.24, 2.45) is 5.92 Å². The van der Waals surface area contributed by atoms with Crippen molar-refractivity contribution in [3.8, 4) is 0 Å². The molecule has 2 saturated heterocycles. The molecule has 2 fully saturated rings. The lowest BCUT2D eigenvalue weighted by molar-refractivity contribution is -0.134. The van der Waals surface area contributed by atoms with Crippen LogP contribution >= 0.6 is 0 Å². The van der Waals surface area contributed by atoms with Crippen molar-refractivity contribution in [2.45, 2.75) is 51.6 Å². The third-order valence-corrected chi connectivity index (χ3v) is 5.73. The Bertz CT molecular complexity index is 605. The summed E-state index contributed by atoms with van der Waals surface area (Å²) < 4.78 is 0. The van der Waals surface area contributed by atoms with Crippen LogP contribution in [0.5, 0.6) is 0 Å². The van der Waals surface area contributed by atoms with Crippen LogP contribution in [-0.4, -0.2) is 53.8 Å². The monoisotopic (exact) mass is 357 g/mol. The zero-order chi connectivity index (χ0) is 18.4. The number of hydrogen-bond donors (Lipinski definition) is 1. The SMILES string of the molecule is CC(=O)N1CCCC(C(=O)NCC2CCCCN2Cc2ccccc2)C1. The van der Waals surface area contributed by atoms with Crippen molar-refractivity contribution in [3.05, 3.63) is 35.9 Å². The standard InChI is InChI=1S/C21H31N3O2/c1-17(25)23-13-7-10-19(16-23)21(26)22-14-20-11-5-6-12-24(20)15-18-8-3-2-4-9-18/h2-4,8-9,19-20H,5-7,10-16H2,1H3,(H,22,26). The van der Waals surface area contributed by atoms with E-state index in [2.05, 4.69) is 34.5 Å². The van der Waals surface area contributed by atoms with Gasteiger partial charge in [0.2, 0.25) is 11.8 Å². The zero-order valence-electron chi connectivity index (χ0n) is 15.8. The number of carbonyl (C=O) groups is 2. The third kappa shape index (κ3) is 5.07. The third-order valence-electron chi connectivity index (χ3n) is 5.73. The maximum Gasteiger partial charge on any atom is 0.224 e. The van der Waals surface area contributed by atoms with E-state index in [9.17, 15) is 9.59 Å². The van der Waals surface area contributed by atoms with Crippen LogP contribution in [0.3, 0.4) is 0 Å². The van der Waals surface area contributed by atoms with Crippen LogP contribution in [0.25, 0.3) is 0 Å². The number of hydrogen-bond acceptors (Lipinski definition) is 3. The van der Waals surface area contributed by atoms with Crippen LogP contribution in [0.15, 0.2) is 30.3 Å². The fourth-order valence-corrected chi connectivity index (χ4v) is 4.16. The summed E-state index contributed by atoms with van der Waals surface area (Å²) in [5, 5.41) is 3.18. The number of carbonyl (C=O) groups excluding carboxylic acids is 2. The molecule has 0 saturated carbocycles. The van der Waals surface area contributed by atoms with E-state index < -0.39 is 0 Å². The molecule has 5 nitrogen and oxygen atoms in total. The molecule has 2 aliphatic heterocycles. The Labute approximate surface area is 156 Å². The zero-order valence-corrected chi connectivity index (χ0v) is 15.8. The Hall–Kier alpha value is -1.88. The molecule has 0 radical (unpaired) electrons. The maximum absolute atomic E-state index is 12.6. The molecular weight excluding hydrogens is 326 g/mol. The van der Waals surface area contributed by atoms with Crippen molar-refractivity contribution in [2.75, 3.05) is 26.2 Å². The largest absolute Gasteiger partial charge is 0.354 e. The van der Waals surface area contributed by atoms with Crippen LogP contribution in [0.1, 0.15) is 44.6 Å². The minimum absolute atomic E-state index is 0.0567. The Kier molecular flexibility index (Phi) is 6.67. The van der Waals surface area contributed by atoms with Crippen molar-refractivity contribution in [3.63, 3.8) is 0 Å². The molecule has 1 aromatic rings. The molecule has 0 spiro atoms. The van der Waals surface area contributed by atoms with Gasteiger partial charge in [-0.15, -0.1) is 0 Å². The lowest BCUT2D eigenvalue weighted by atomic mass is 9.96. The molecule has 1 aromatic carbocycles. The van der Waals surface area contributed by atoms with Gasteiger partial charge < -0.3 is 10.2 Å². The molecule has 0 bridgehead atoms. The van der Waals surface area contributed by atoms with Crippen LogP contribution in [0, 0.1) is 5.92 Å². The number of likely N-dealkylation sites (tertiary alicyclic amines) is 2. The molecule has 2 unspecified atom stereocenters. The molecule has 5 heteroatoms. The highest BCUT2D eigenvalue weighted by Crippen LogP contribution is 2.20. The summed E-state index contributed by atoms with van der Waals surface area (Å²) in [6.45, 7) is 5.69. The highest BCUT2D eigenvalue weighted by molar-refractivity contribution is 5.80. The Morgan fingerprint density at radius 2 is 1.88 bits per heavy atom. The highest BCUT2D eigenvalue weighted by Gasteiger charge is 2.28. The van der Waals surface area contributed by atoms with Gasteiger partial charge in [-0.2, -0.15) is 0 Å². The number of nitrogens with zero attached hydrogens (tertiary/aromatic N) is 2. The van der Waals surface area contributed by atoms with Crippen molar-refractivity contribution in [1.29, 1.82) is 0 Å². The first-order valence-corrected chi connectivity index (χ1v) is 9.94. The van der Waals surface area contributed by atoms with E-state index in [-0.39, 0.29) is 17.7 Å². The predicted octanol–water partition coefficient (Wildman–Crippen LogP) is 2.42. The fourth-order valence-electron chi connectivity index (χ4n) is 4.16. The van der Waals surface area contributed by atoms with Gasteiger partial charge in [0.05, 0.1) is 5.92 Å². The lowest BCUT2D eigenvalue weighted by Crippen LogP contribution is -2.49. The maximum atomic E-state index is 12.6. The second-order valence-electron chi connectivity index (χ2n) is 7.66. The summed E-state index contributed by atoms with van der Waals surface area (Å²) in [4.78, 5) is 28.5. The molecule has 142 valence electrons. The summed E-state index contributed by atoms with van der Waals surface area (Å²) in [5.41, 5.74) is 1.33. The van der Waals surface area contributed by atoms with Gasteiger partial charge in [0.25, 0.3) is 0 Å². The first-order valence-electron chi connectivity index (χ1n) is 9.94. The first kappa shape index (κ1) is 18.9. The highest BCUT2D eigenvalue weighted by atomic mass is 16.2. The second-order valence-corrected chi connectivity index (χ2v) is 7.66. The first-order chi connectivity index (χ1) is 12.6. The van der Waals surface area contributed by atoms with E-state index >= 15 is 0 Å². The molecule has 1 N–H and O–H groups in total. The summed E-state index contributed by atoms with van der Waals surface area (Å²) in [5.74, 6) is 0.129. The van der Waals surface area contributed by atoms with Gasteiger partial charge in [-0.05, 0) is 37.8 Å². The van der Waals surface area contributed by atoms with Crippen molar-refractivity contribution in [1.82, 2.24) is 15.1 Å². The Morgan fingerprint density at radius 1 is 1.08 bits per heavy atom. The smallest absolute Gasteiger partial charge is 0.224 e. The molecule has 2 heterocycles. The van der Waals surface area contributed by atoms with Crippen LogP contribution in [0.2, 0.25) is 0 Å². The predicted molar refractivity (Wildman–Crippen MR) is 102 cm³/mol. The molecule has 2 aliphatic rings. The molecule has 2 atom stereocenters. The molecule has 0 aromatic heterocycles. The minimum Gasteiger partial charge on any atom is -0.354 e.